The van der Waals surface area contributed by atoms with Gasteiger partial charge < -0.3 is 24.4 Å². The normalized spacial score (nSPS) is 10.6. The van der Waals surface area contributed by atoms with E-state index < -0.39 is 5.78 Å². The molecule has 0 bridgehead atoms. The summed E-state index contributed by atoms with van der Waals surface area (Å²) in [5.74, 6) is -0.401. The van der Waals surface area contributed by atoms with E-state index >= 15 is 0 Å². The lowest BCUT2D eigenvalue weighted by Gasteiger charge is -2.15. The van der Waals surface area contributed by atoms with Crippen LogP contribution in [0.3, 0.4) is 0 Å². The maximum absolute atomic E-state index is 12.5. The van der Waals surface area contributed by atoms with E-state index in [1.807, 2.05) is 0 Å². The average Bonchev–Trinajstić information content (AvgIpc) is 2.59. The Morgan fingerprint density at radius 3 is 2.25 bits per heavy atom. The van der Waals surface area contributed by atoms with Gasteiger partial charge in [-0.1, -0.05) is 18.2 Å². The first-order chi connectivity index (χ1) is 11.5. The highest BCUT2D eigenvalue weighted by Gasteiger charge is 2.23. The number of hydrogen-bond acceptors (Lipinski definition) is 6. The highest BCUT2D eigenvalue weighted by molar-refractivity contribution is 6.11. The van der Waals surface area contributed by atoms with Crippen LogP contribution in [0.2, 0.25) is 0 Å². The smallest absolute Gasteiger partial charge is 0.204 e. The Morgan fingerprint density at radius 1 is 1.00 bits per heavy atom. The van der Waals surface area contributed by atoms with Crippen molar-refractivity contribution >= 4 is 11.9 Å². The van der Waals surface area contributed by atoms with Crippen molar-refractivity contribution in [2.45, 2.75) is 0 Å². The monoisotopic (exact) mass is 330 g/mol. The summed E-state index contributed by atoms with van der Waals surface area (Å²) in [5.41, 5.74) is 0.423. The first kappa shape index (κ1) is 17.2. The van der Waals surface area contributed by atoms with Gasteiger partial charge in [-0.3, -0.25) is 4.79 Å². The van der Waals surface area contributed by atoms with Crippen molar-refractivity contribution in [1.29, 1.82) is 0 Å². The van der Waals surface area contributed by atoms with Crippen molar-refractivity contribution in [3.8, 4) is 28.7 Å². The van der Waals surface area contributed by atoms with Crippen LogP contribution in [0.15, 0.2) is 36.4 Å². The number of allylic oxidation sites excluding steroid dienone is 1. The van der Waals surface area contributed by atoms with Crippen molar-refractivity contribution in [3.05, 3.63) is 47.5 Å². The molecule has 0 saturated heterocycles. The van der Waals surface area contributed by atoms with E-state index in [1.165, 1.54) is 45.6 Å². The molecule has 0 fully saturated rings. The molecule has 0 unspecified atom stereocenters. The van der Waals surface area contributed by atoms with Crippen LogP contribution >= 0.6 is 0 Å². The Hall–Kier alpha value is -3.15. The number of hydrogen-bond donors (Lipinski definition) is 2. The molecule has 0 spiro atoms. The molecule has 2 aromatic carbocycles. The van der Waals surface area contributed by atoms with Crippen LogP contribution in [0.5, 0.6) is 28.7 Å². The van der Waals surface area contributed by atoms with Crippen LogP contribution < -0.4 is 14.2 Å². The van der Waals surface area contributed by atoms with Gasteiger partial charge in [0.2, 0.25) is 5.75 Å². The van der Waals surface area contributed by atoms with Crippen LogP contribution in [-0.2, 0) is 0 Å². The van der Waals surface area contributed by atoms with Crippen molar-refractivity contribution in [2.75, 3.05) is 21.3 Å². The maximum atomic E-state index is 12.5. The van der Waals surface area contributed by atoms with Gasteiger partial charge in [-0.2, -0.15) is 0 Å². The minimum atomic E-state index is -0.506. The molecule has 126 valence electrons. The maximum Gasteiger partial charge on any atom is 0.204 e. The summed E-state index contributed by atoms with van der Waals surface area (Å²) in [6.07, 6.45) is 2.69. The Bertz CT molecular complexity index is 779. The Balaban J connectivity index is 2.47. The molecule has 2 rings (SSSR count). The van der Waals surface area contributed by atoms with Crippen LogP contribution in [0, 0.1) is 0 Å². The molecule has 0 amide bonds. The Kier molecular flexibility index (Phi) is 5.31. The third-order valence-electron chi connectivity index (χ3n) is 3.43. The number of ether oxygens (including phenoxy) is 3. The van der Waals surface area contributed by atoms with Gasteiger partial charge in [0, 0.05) is 11.6 Å². The molecular weight excluding hydrogens is 312 g/mol. The predicted molar refractivity (Wildman–Crippen MR) is 89.2 cm³/mol. The molecule has 6 nitrogen and oxygen atoms in total. The molecule has 24 heavy (non-hydrogen) atoms. The number of para-hydroxylation sites is 1. The van der Waals surface area contributed by atoms with Gasteiger partial charge in [0.1, 0.15) is 17.1 Å². The van der Waals surface area contributed by atoms with Crippen molar-refractivity contribution in [3.63, 3.8) is 0 Å². The van der Waals surface area contributed by atoms with E-state index in [0.29, 0.717) is 5.56 Å². The molecule has 0 aromatic heterocycles. The molecular formula is C18H18O6. The van der Waals surface area contributed by atoms with Crippen molar-refractivity contribution in [2.24, 2.45) is 0 Å². The van der Waals surface area contributed by atoms with E-state index in [1.54, 1.807) is 18.2 Å². The van der Waals surface area contributed by atoms with E-state index in [4.69, 9.17) is 14.2 Å². The molecule has 0 saturated carbocycles. The van der Waals surface area contributed by atoms with Crippen molar-refractivity contribution < 1.29 is 29.2 Å². The lowest BCUT2D eigenvalue weighted by molar-refractivity contribution is 0.104. The SMILES string of the molecule is COc1cc(OC)c(C(=O)/C=C/c2ccccc2O)c(O)c1OC. The van der Waals surface area contributed by atoms with Gasteiger partial charge in [-0.25, -0.2) is 0 Å². The van der Waals surface area contributed by atoms with Crippen LogP contribution in [0.25, 0.3) is 6.08 Å². The largest absolute Gasteiger partial charge is 0.507 e. The zero-order chi connectivity index (χ0) is 17.7. The predicted octanol–water partition coefficient (Wildman–Crippen LogP) is 3.02. The average molecular weight is 330 g/mol. The number of carbonyl (C=O) groups excluding carboxylic acids is 1. The van der Waals surface area contributed by atoms with E-state index in [0.717, 1.165) is 0 Å². The summed E-state index contributed by atoms with van der Waals surface area (Å²) in [7, 11) is 4.15. The summed E-state index contributed by atoms with van der Waals surface area (Å²) in [6.45, 7) is 0. The number of phenolic OH excluding ortho intramolecular Hbond substituents is 2. The number of phenols is 2. The summed E-state index contributed by atoms with van der Waals surface area (Å²) in [4.78, 5) is 12.5. The molecule has 0 heterocycles. The topological polar surface area (TPSA) is 85.2 Å². The first-order valence-corrected chi connectivity index (χ1v) is 7.05. The first-order valence-electron chi connectivity index (χ1n) is 7.05. The molecule has 2 aromatic rings. The number of benzene rings is 2. The molecule has 6 heteroatoms. The lowest BCUT2D eigenvalue weighted by Crippen LogP contribution is -2.03. The Morgan fingerprint density at radius 2 is 1.67 bits per heavy atom. The number of aromatic hydroxyl groups is 2. The fraction of sp³-hybridized carbons (Fsp3) is 0.167. The fourth-order valence-corrected chi connectivity index (χ4v) is 2.23. The fourth-order valence-electron chi connectivity index (χ4n) is 2.23. The third-order valence-corrected chi connectivity index (χ3v) is 3.43. The third kappa shape index (κ3) is 3.27. The van der Waals surface area contributed by atoms with E-state index in [-0.39, 0.29) is 34.3 Å². The molecule has 0 atom stereocenters. The van der Waals surface area contributed by atoms with Gasteiger partial charge in [-0.15, -0.1) is 0 Å². The highest BCUT2D eigenvalue weighted by Crippen LogP contribution is 2.44. The zero-order valence-corrected chi connectivity index (χ0v) is 13.6. The van der Waals surface area contributed by atoms with Gasteiger partial charge >= 0.3 is 0 Å². The zero-order valence-electron chi connectivity index (χ0n) is 13.6. The molecule has 0 aliphatic rings. The molecule has 0 radical (unpaired) electrons. The number of methoxy groups -OCH3 is 3. The summed E-state index contributed by atoms with van der Waals surface area (Å²) in [6, 6.07) is 8.04. The summed E-state index contributed by atoms with van der Waals surface area (Å²) >= 11 is 0. The van der Waals surface area contributed by atoms with Crippen LogP contribution in [0.1, 0.15) is 15.9 Å². The summed E-state index contributed by atoms with van der Waals surface area (Å²) < 4.78 is 15.4. The Labute approximate surface area is 139 Å². The second kappa shape index (κ2) is 7.41. The van der Waals surface area contributed by atoms with Gasteiger partial charge in [0.05, 0.1) is 21.3 Å². The molecule has 2 N–H and O–H groups in total. The molecule has 0 aliphatic heterocycles. The lowest BCUT2D eigenvalue weighted by atomic mass is 10.0. The van der Waals surface area contributed by atoms with E-state index in [2.05, 4.69) is 0 Å². The standard InChI is InChI=1S/C18H18O6/c1-22-14-10-15(23-2)18(24-3)17(21)16(14)13(20)9-8-11-6-4-5-7-12(11)19/h4-10,19,21H,1-3H3/b9-8+. The van der Waals surface area contributed by atoms with Gasteiger partial charge in [0.25, 0.3) is 0 Å². The second-order valence-corrected chi connectivity index (χ2v) is 4.79. The quantitative estimate of drug-likeness (QED) is 0.625. The minimum absolute atomic E-state index is 0.0395. The van der Waals surface area contributed by atoms with E-state index in [9.17, 15) is 15.0 Å². The highest BCUT2D eigenvalue weighted by atomic mass is 16.5. The van der Waals surface area contributed by atoms with Gasteiger partial charge in [0.15, 0.2) is 17.3 Å². The number of rotatable bonds is 6. The van der Waals surface area contributed by atoms with Gasteiger partial charge in [-0.05, 0) is 18.2 Å². The molecule has 0 aliphatic carbocycles. The summed E-state index contributed by atoms with van der Waals surface area (Å²) in [5, 5.41) is 20.1. The second-order valence-electron chi connectivity index (χ2n) is 4.79. The van der Waals surface area contributed by atoms with Crippen LogP contribution in [0.4, 0.5) is 0 Å². The van der Waals surface area contributed by atoms with Crippen LogP contribution in [-0.4, -0.2) is 37.3 Å². The number of carbonyl (C=O) groups is 1. The number of ketones is 1. The van der Waals surface area contributed by atoms with Crippen molar-refractivity contribution in [1.82, 2.24) is 0 Å². The minimum Gasteiger partial charge on any atom is -0.507 e.